The number of aromatic nitrogens is 4. The highest BCUT2D eigenvalue weighted by molar-refractivity contribution is 6.05. The number of ether oxygens (including phenoxy) is 1. The molecule has 0 radical (unpaired) electrons. The van der Waals surface area contributed by atoms with Gasteiger partial charge in [-0.05, 0) is 28.0 Å². The third-order valence-electron chi connectivity index (χ3n) is 5.98. The SMILES string of the molecule is Cn1ncc(-c2cc(N3CC(CN4CCOCC4)C3)c3nonc3c2)c1C(=O)C(F)(F)F. The van der Waals surface area contributed by atoms with Crippen LogP contribution in [-0.2, 0) is 11.8 Å². The minimum atomic E-state index is -5.00. The second-order valence-corrected chi connectivity index (χ2v) is 8.17. The second-order valence-electron chi connectivity index (χ2n) is 8.17. The normalized spacial score (nSPS) is 18.3. The van der Waals surface area contributed by atoms with Gasteiger partial charge in [0.1, 0.15) is 11.2 Å². The smallest absolute Gasteiger partial charge is 0.379 e. The van der Waals surface area contributed by atoms with Gasteiger partial charge in [0.2, 0.25) is 0 Å². The molecule has 2 aromatic heterocycles. The summed E-state index contributed by atoms with van der Waals surface area (Å²) >= 11 is 0. The zero-order valence-electron chi connectivity index (χ0n) is 17.3. The van der Waals surface area contributed by atoms with Crippen molar-refractivity contribution in [3.05, 3.63) is 24.0 Å². The maximum absolute atomic E-state index is 13.2. The lowest BCUT2D eigenvalue weighted by molar-refractivity contribution is -0.0890. The van der Waals surface area contributed by atoms with E-state index in [2.05, 4.69) is 25.2 Å². The molecule has 12 heteroatoms. The van der Waals surface area contributed by atoms with Gasteiger partial charge in [-0.25, -0.2) is 4.63 Å². The van der Waals surface area contributed by atoms with Crippen LogP contribution in [0, 0.1) is 5.92 Å². The molecule has 32 heavy (non-hydrogen) atoms. The summed E-state index contributed by atoms with van der Waals surface area (Å²) in [5.74, 6) is -1.48. The minimum Gasteiger partial charge on any atom is -0.379 e. The summed E-state index contributed by atoms with van der Waals surface area (Å²) in [6, 6.07) is 3.28. The first-order valence-electron chi connectivity index (χ1n) is 10.3. The highest BCUT2D eigenvalue weighted by Crippen LogP contribution is 2.37. The number of ketones is 1. The molecule has 2 fully saturated rings. The average molecular weight is 450 g/mol. The fourth-order valence-electron chi connectivity index (χ4n) is 4.35. The van der Waals surface area contributed by atoms with E-state index in [-0.39, 0.29) is 5.56 Å². The first-order valence-corrected chi connectivity index (χ1v) is 10.3. The zero-order chi connectivity index (χ0) is 22.5. The van der Waals surface area contributed by atoms with E-state index in [1.807, 2.05) is 0 Å². The quantitative estimate of drug-likeness (QED) is 0.547. The van der Waals surface area contributed by atoms with Crippen LogP contribution in [0.3, 0.4) is 0 Å². The number of anilines is 1. The van der Waals surface area contributed by atoms with Gasteiger partial charge in [0.15, 0.2) is 5.52 Å². The van der Waals surface area contributed by atoms with Crippen molar-refractivity contribution in [3.8, 4) is 11.1 Å². The molecule has 2 aliphatic rings. The molecule has 3 aromatic rings. The molecule has 5 rings (SSSR count). The van der Waals surface area contributed by atoms with E-state index in [4.69, 9.17) is 9.37 Å². The lowest BCUT2D eigenvalue weighted by atomic mass is 9.96. The lowest BCUT2D eigenvalue weighted by Crippen LogP contribution is -2.53. The monoisotopic (exact) mass is 450 g/mol. The molecule has 4 heterocycles. The maximum atomic E-state index is 13.2. The summed E-state index contributed by atoms with van der Waals surface area (Å²) in [6.45, 7) is 5.85. The summed E-state index contributed by atoms with van der Waals surface area (Å²) in [7, 11) is 1.31. The van der Waals surface area contributed by atoms with Crippen molar-refractivity contribution in [2.45, 2.75) is 6.18 Å². The number of hydrogen-bond acceptors (Lipinski definition) is 8. The second kappa shape index (κ2) is 7.85. The van der Waals surface area contributed by atoms with Gasteiger partial charge in [-0.15, -0.1) is 0 Å². The molecule has 0 N–H and O–H groups in total. The predicted molar refractivity (Wildman–Crippen MR) is 107 cm³/mol. The van der Waals surface area contributed by atoms with Crippen molar-refractivity contribution in [2.75, 3.05) is 50.8 Å². The molecular formula is C20H21F3N6O3. The van der Waals surface area contributed by atoms with Crippen LogP contribution in [0.1, 0.15) is 10.5 Å². The fraction of sp³-hybridized carbons (Fsp3) is 0.500. The van der Waals surface area contributed by atoms with Gasteiger partial charge in [-0.1, -0.05) is 0 Å². The third kappa shape index (κ3) is 3.73. The number of carbonyl (C=O) groups is 1. The Kier molecular flexibility index (Phi) is 5.13. The summed E-state index contributed by atoms with van der Waals surface area (Å²) < 4.78 is 50.7. The molecule has 0 amide bonds. The van der Waals surface area contributed by atoms with E-state index >= 15 is 0 Å². The Hall–Kier alpha value is -2.99. The van der Waals surface area contributed by atoms with Gasteiger partial charge in [-0.3, -0.25) is 14.4 Å². The van der Waals surface area contributed by atoms with Crippen molar-refractivity contribution in [1.29, 1.82) is 0 Å². The van der Waals surface area contributed by atoms with E-state index < -0.39 is 17.7 Å². The fourth-order valence-corrected chi connectivity index (χ4v) is 4.35. The Morgan fingerprint density at radius 2 is 1.94 bits per heavy atom. The van der Waals surface area contributed by atoms with Crippen LogP contribution in [0.25, 0.3) is 22.2 Å². The van der Waals surface area contributed by atoms with Crippen LogP contribution in [0.4, 0.5) is 18.9 Å². The van der Waals surface area contributed by atoms with Gasteiger partial charge < -0.3 is 9.64 Å². The number of hydrogen-bond donors (Lipinski definition) is 0. The number of nitrogens with zero attached hydrogens (tertiary/aromatic N) is 6. The largest absolute Gasteiger partial charge is 0.456 e. The maximum Gasteiger partial charge on any atom is 0.456 e. The van der Waals surface area contributed by atoms with Crippen LogP contribution < -0.4 is 4.90 Å². The first-order chi connectivity index (χ1) is 15.3. The molecule has 2 saturated heterocycles. The Morgan fingerprint density at radius 1 is 1.19 bits per heavy atom. The molecule has 0 saturated carbocycles. The number of fused-ring (bicyclic) bond motifs is 1. The standard InChI is InChI=1S/C20H21F3N6O3/c1-27-18(19(30)20(21,22)23)14(8-24-27)13-6-15-17(26-32-25-15)16(7-13)29-10-12(11-29)9-28-2-4-31-5-3-28/h6-8,12H,2-5,9-11H2,1H3. The molecule has 0 atom stereocenters. The van der Waals surface area contributed by atoms with E-state index in [1.165, 1.54) is 13.2 Å². The molecular weight excluding hydrogens is 429 g/mol. The Bertz CT molecular complexity index is 1150. The number of halogens is 3. The lowest BCUT2D eigenvalue weighted by Gasteiger charge is -2.43. The van der Waals surface area contributed by atoms with Gasteiger partial charge in [0.25, 0.3) is 5.78 Å². The number of carbonyl (C=O) groups excluding carboxylic acids is 1. The number of rotatable bonds is 5. The van der Waals surface area contributed by atoms with Crippen LogP contribution in [0.15, 0.2) is 23.0 Å². The molecule has 0 unspecified atom stereocenters. The summed E-state index contributed by atoms with van der Waals surface area (Å²) in [5.41, 5.74) is 1.63. The van der Waals surface area contributed by atoms with Crippen molar-refractivity contribution >= 4 is 22.5 Å². The molecule has 9 nitrogen and oxygen atoms in total. The van der Waals surface area contributed by atoms with E-state index in [9.17, 15) is 18.0 Å². The molecule has 0 aliphatic carbocycles. The average Bonchev–Trinajstić information content (AvgIpc) is 3.35. The molecule has 0 bridgehead atoms. The highest BCUT2D eigenvalue weighted by atomic mass is 19.4. The minimum absolute atomic E-state index is 0.0892. The van der Waals surface area contributed by atoms with Crippen LogP contribution >= 0.6 is 0 Å². The molecule has 1 aromatic carbocycles. The van der Waals surface area contributed by atoms with Crippen molar-refractivity contribution < 1.29 is 27.3 Å². The van der Waals surface area contributed by atoms with E-state index in [1.54, 1.807) is 12.1 Å². The zero-order valence-corrected chi connectivity index (χ0v) is 17.3. The Morgan fingerprint density at radius 3 is 2.66 bits per heavy atom. The predicted octanol–water partition coefficient (Wildman–Crippen LogP) is 2.14. The van der Waals surface area contributed by atoms with E-state index in [0.717, 1.165) is 50.6 Å². The Labute approximate surface area is 180 Å². The van der Waals surface area contributed by atoms with Crippen molar-refractivity contribution in [1.82, 2.24) is 25.0 Å². The molecule has 0 spiro atoms. The van der Waals surface area contributed by atoms with Crippen molar-refractivity contribution in [2.24, 2.45) is 13.0 Å². The number of morpholine rings is 1. The van der Waals surface area contributed by atoms with E-state index in [0.29, 0.717) is 28.2 Å². The van der Waals surface area contributed by atoms with Gasteiger partial charge in [0, 0.05) is 51.3 Å². The topological polar surface area (TPSA) is 89.5 Å². The molecule has 170 valence electrons. The van der Waals surface area contributed by atoms with Gasteiger partial charge in [0.05, 0.1) is 25.1 Å². The number of alkyl halides is 3. The summed E-state index contributed by atoms with van der Waals surface area (Å²) in [6.07, 6.45) is -3.75. The molecule has 2 aliphatic heterocycles. The number of Topliss-reactive ketones (excluding diaryl/α,β-unsaturated/α-hetero) is 1. The van der Waals surface area contributed by atoms with Crippen molar-refractivity contribution in [3.63, 3.8) is 0 Å². The number of benzene rings is 1. The Balaban J connectivity index is 1.44. The third-order valence-corrected chi connectivity index (χ3v) is 5.98. The first kappa shape index (κ1) is 20.9. The van der Waals surface area contributed by atoms with Gasteiger partial charge in [-0.2, -0.15) is 18.3 Å². The van der Waals surface area contributed by atoms with Gasteiger partial charge >= 0.3 is 6.18 Å². The number of aryl methyl sites for hydroxylation is 1. The van der Waals surface area contributed by atoms with Crippen LogP contribution in [-0.4, -0.2) is 82.9 Å². The van der Waals surface area contributed by atoms with Crippen LogP contribution in [0.2, 0.25) is 0 Å². The summed E-state index contributed by atoms with van der Waals surface area (Å²) in [5, 5.41) is 11.7. The van der Waals surface area contributed by atoms with Crippen LogP contribution in [0.5, 0.6) is 0 Å². The summed E-state index contributed by atoms with van der Waals surface area (Å²) in [4.78, 5) is 16.5. The highest BCUT2D eigenvalue weighted by Gasteiger charge is 2.42.